The summed E-state index contributed by atoms with van der Waals surface area (Å²) >= 11 is 9.15. The Balaban J connectivity index is 1.28. The van der Waals surface area contributed by atoms with Crippen molar-refractivity contribution < 1.29 is 9.59 Å². The number of fused-ring (bicyclic) bond motifs is 1. The number of carbonyl (C=O) groups is 2. The number of rotatable bonds is 7. The van der Waals surface area contributed by atoms with Crippen molar-refractivity contribution in [2.24, 2.45) is 5.92 Å². The van der Waals surface area contributed by atoms with Gasteiger partial charge in [0.05, 0.1) is 12.5 Å². The van der Waals surface area contributed by atoms with Crippen molar-refractivity contribution in [2.45, 2.75) is 55.9 Å². The summed E-state index contributed by atoms with van der Waals surface area (Å²) < 4.78 is 0. The summed E-state index contributed by atoms with van der Waals surface area (Å²) in [5.74, 6) is 0.0285. The van der Waals surface area contributed by atoms with Gasteiger partial charge in [-0.3, -0.25) is 14.5 Å². The molecular weight excluding hydrogens is 476 g/mol. The zero-order valence-corrected chi connectivity index (χ0v) is 20.2. The zero-order valence-electron chi connectivity index (χ0n) is 17.8. The number of hydrogen-bond donors (Lipinski definition) is 2. The monoisotopic (exact) mass is 506 g/mol. The number of thiocarbonyl (C=S) groups is 1. The summed E-state index contributed by atoms with van der Waals surface area (Å²) in [6.07, 6.45) is 6.42. The molecule has 0 bridgehead atoms. The van der Waals surface area contributed by atoms with Gasteiger partial charge in [-0.1, -0.05) is 28.1 Å². The van der Waals surface area contributed by atoms with E-state index in [9.17, 15) is 9.59 Å². The van der Waals surface area contributed by atoms with E-state index in [-0.39, 0.29) is 23.8 Å². The predicted octanol–water partition coefficient (Wildman–Crippen LogP) is 3.05. The van der Waals surface area contributed by atoms with Gasteiger partial charge in [0.15, 0.2) is 5.11 Å². The largest absolute Gasteiger partial charge is 0.359 e. The minimum absolute atomic E-state index is 0.0320. The second-order valence-corrected chi connectivity index (χ2v) is 10.5. The van der Waals surface area contributed by atoms with Gasteiger partial charge in [-0.25, -0.2) is 0 Å². The van der Waals surface area contributed by atoms with E-state index >= 15 is 0 Å². The van der Waals surface area contributed by atoms with E-state index < -0.39 is 0 Å². The molecule has 2 heterocycles. The topological polar surface area (TPSA) is 64.7 Å². The Morgan fingerprint density at radius 2 is 1.94 bits per heavy atom. The third-order valence-corrected chi connectivity index (χ3v) is 7.79. The fourth-order valence-corrected chi connectivity index (χ4v) is 5.78. The molecule has 0 spiro atoms. The van der Waals surface area contributed by atoms with Crippen LogP contribution in [0.2, 0.25) is 0 Å². The highest BCUT2D eigenvalue weighted by Crippen LogP contribution is 2.33. The van der Waals surface area contributed by atoms with E-state index in [0.29, 0.717) is 28.6 Å². The first-order valence-corrected chi connectivity index (χ1v) is 12.7. The minimum Gasteiger partial charge on any atom is -0.359 e. The predicted molar refractivity (Wildman–Crippen MR) is 129 cm³/mol. The Kier molecular flexibility index (Phi) is 7.61. The number of likely N-dealkylation sites (tertiary alicyclic amines) is 1. The summed E-state index contributed by atoms with van der Waals surface area (Å²) in [7, 11) is 0. The molecule has 0 radical (unpaired) electrons. The van der Waals surface area contributed by atoms with Crippen LogP contribution >= 0.6 is 28.1 Å². The maximum Gasteiger partial charge on any atom is 0.251 e. The first kappa shape index (κ1) is 22.7. The van der Waals surface area contributed by atoms with E-state index in [2.05, 4.69) is 31.5 Å². The first-order chi connectivity index (χ1) is 15.0. The third-order valence-electron chi connectivity index (χ3n) is 6.62. The van der Waals surface area contributed by atoms with Crippen LogP contribution in [0.25, 0.3) is 0 Å². The van der Waals surface area contributed by atoms with Crippen LogP contribution in [0.1, 0.15) is 54.4 Å². The van der Waals surface area contributed by atoms with Gasteiger partial charge in [-0.15, -0.1) is 0 Å². The summed E-state index contributed by atoms with van der Waals surface area (Å²) in [4.78, 5) is 30.0. The second kappa shape index (κ2) is 10.4. The highest BCUT2D eigenvalue weighted by atomic mass is 79.9. The van der Waals surface area contributed by atoms with Crippen molar-refractivity contribution in [1.29, 1.82) is 0 Å². The molecule has 6 nitrogen and oxygen atoms in total. The van der Waals surface area contributed by atoms with Crippen molar-refractivity contribution in [2.75, 3.05) is 26.2 Å². The molecule has 2 aliphatic heterocycles. The number of amides is 2. The Labute approximate surface area is 198 Å². The van der Waals surface area contributed by atoms with Crippen LogP contribution in [0, 0.1) is 5.92 Å². The van der Waals surface area contributed by atoms with Crippen LogP contribution in [-0.4, -0.2) is 63.8 Å². The average Bonchev–Trinajstić information content (AvgIpc) is 3.29. The van der Waals surface area contributed by atoms with Crippen LogP contribution < -0.4 is 10.6 Å². The molecule has 1 aliphatic carbocycles. The number of alkyl halides is 1. The molecule has 1 aromatic carbocycles. The first-order valence-electron chi connectivity index (χ1n) is 11.4. The molecule has 1 saturated carbocycles. The number of halogens is 1. The van der Waals surface area contributed by atoms with E-state index in [1.807, 2.05) is 24.3 Å². The van der Waals surface area contributed by atoms with Crippen LogP contribution in [0.15, 0.2) is 24.3 Å². The highest BCUT2D eigenvalue weighted by Gasteiger charge is 2.42. The second-order valence-electron chi connectivity index (χ2n) is 8.85. The molecule has 3 atom stereocenters. The molecule has 2 N–H and O–H groups in total. The quantitative estimate of drug-likeness (QED) is 0.338. The van der Waals surface area contributed by atoms with Gasteiger partial charge in [0, 0.05) is 23.0 Å². The van der Waals surface area contributed by atoms with Crippen molar-refractivity contribution in [3.8, 4) is 0 Å². The summed E-state index contributed by atoms with van der Waals surface area (Å²) in [5, 5.41) is 6.89. The lowest BCUT2D eigenvalue weighted by Gasteiger charge is -2.43. The van der Waals surface area contributed by atoms with Gasteiger partial charge in [-0.2, -0.15) is 0 Å². The normalized spacial score (nSPS) is 26.5. The smallest absolute Gasteiger partial charge is 0.251 e. The average molecular weight is 507 g/mol. The highest BCUT2D eigenvalue weighted by molar-refractivity contribution is 9.09. The van der Waals surface area contributed by atoms with Gasteiger partial charge >= 0.3 is 0 Å². The Bertz CT molecular complexity index is 812. The molecule has 8 heteroatoms. The third kappa shape index (κ3) is 5.65. The SMILES string of the molecule is O=C(NCCCN1CCCC1)c1ccc(CN2C(=O)C3CC(Br)CCC3NC2=S)cc1. The van der Waals surface area contributed by atoms with Gasteiger partial charge in [0.25, 0.3) is 5.91 Å². The van der Waals surface area contributed by atoms with E-state index in [4.69, 9.17) is 12.2 Å². The van der Waals surface area contributed by atoms with Gasteiger partial charge in [-0.05, 0) is 88.1 Å². The molecular formula is C23H31BrN4O2S. The van der Waals surface area contributed by atoms with Crippen LogP contribution in [0.5, 0.6) is 0 Å². The van der Waals surface area contributed by atoms with Gasteiger partial charge in [0.1, 0.15) is 0 Å². The fourth-order valence-electron chi connectivity index (χ4n) is 4.81. The number of hydrogen-bond acceptors (Lipinski definition) is 4. The summed E-state index contributed by atoms with van der Waals surface area (Å²) in [6.45, 7) is 4.54. The van der Waals surface area contributed by atoms with Crippen molar-refractivity contribution in [3.05, 3.63) is 35.4 Å². The molecule has 2 amide bonds. The summed E-state index contributed by atoms with van der Waals surface area (Å²) in [5.41, 5.74) is 1.61. The van der Waals surface area contributed by atoms with Crippen LogP contribution in [0.4, 0.5) is 0 Å². The van der Waals surface area contributed by atoms with Gasteiger partial charge < -0.3 is 15.5 Å². The molecule has 4 rings (SSSR count). The van der Waals surface area contributed by atoms with Crippen LogP contribution in [-0.2, 0) is 11.3 Å². The lowest BCUT2D eigenvalue weighted by Crippen LogP contribution is -2.61. The maximum absolute atomic E-state index is 13.0. The number of benzene rings is 1. The van der Waals surface area contributed by atoms with E-state index in [0.717, 1.165) is 37.8 Å². The van der Waals surface area contributed by atoms with Crippen molar-refractivity contribution in [3.63, 3.8) is 0 Å². The van der Waals surface area contributed by atoms with E-state index in [1.54, 1.807) is 4.90 Å². The fraction of sp³-hybridized carbons (Fsp3) is 0.609. The molecule has 168 valence electrons. The summed E-state index contributed by atoms with van der Waals surface area (Å²) in [6, 6.07) is 7.63. The standard InChI is InChI=1S/C23H31BrN4O2S/c24-18-8-9-20-19(14-18)22(30)28(23(31)26-20)15-16-4-6-17(7-5-16)21(29)25-10-3-13-27-11-1-2-12-27/h4-7,18-20H,1-3,8-15H2,(H,25,29)(H,26,31). The Morgan fingerprint density at radius 1 is 1.19 bits per heavy atom. The lowest BCUT2D eigenvalue weighted by atomic mass is 9.82. The number of nitrogens with zero attached hydrogens (tertiary/aromatic N) is 2. The molecule has 3 aliphatic rings. The maximum atomic E-state index is 13.0. The molecule has 2 saturated heterocycles. The molecule has 3 unspecified atom stereocenters. The van der Waals surface area contributed by atoms with E-state index in [1.165, 1.54) is 25.9 Å². The number of carbonyl (C=O) groups excluding carboxylic acids is 2. The van der Waals surface area contributed by atoms with Gasteiger partial charge in [0.2, 0.25) is 5.91 Å². The number of nitrogens with one attached hydrogen (secondary N) is 2. The molecule has 1 aromatic rings. The minimum atomic E-state index is -0.0485. The molecule has 3 fully saturated rings. The zero-order chi connectivity index (χ0) is 21.8. The van der Waals surface area contributed by atoms with Crippen LogP contribution in [0.3, 0.4) is 0 Å². The van der Waals surface area contributed by atoms with Crippen molar-refractivity contribution >= 4 is 45.1 Å². The molecule has 0 aromatic heterocycles. The Morgan fingerprint density at radius 3 is 2.68 bits per heavy atom. The van der Waals surface area contributed by atoms with Crippen molar-refractivity contribution in [1.82, 2.24) is 20.4 Å². The molecule has 31 heavy (non-hydrogen) atoms. The Hall–Kier alpha value is -1.51. The lowest BCUT2D eigenvalue weighted by molar-refractivity contribution is -0.135.